The van der Waals surface area contributed by atoms with E-state index < -0.39 is 0 Å². The number of benzene rings is 1. The van der Waals surface area contributed by atoms with Crippen molar-refractivity contribution in [3.63, 3.8) is 0 Å². The second-order valence-electron chi connectivity index (χ2n) is 4.97. The van der Waals surface area contributed by atoms with E-state index in [0.717, 1.165) is 6.42 Å². The van der Waals surface area contributed by atoms with Crippen LogP contribution in [0.4, 0.5) is 0 Å². The van der Waals surface area contributed by atoms with Gasteiger partial charge in [0.1, 0.15) is 0 Å². The minimum absolute atomic E-state index is 0.342. The van der Waals surface area contributed by atoms with E-state index in [9.17, 15) is 0 Å². The molecule has 2 heteroatoms. The van der Waals surface area contributed by atoms with Crippen LogP contribution in [-0.4, -0.2) is 19.0 Å². The van der Waals surface area contributed by atoms with E-state index in [0.29, 0.717) is 12.5 Å². The molecule has 0 aliphatic heterocycles. The third-order valence-corrected chi connectivity index (χ3v) is 3.39. The number of aryl methyl sites for hydroxylation is 3. The maximum Gasteiger partial charge on any atom is 0.0622 e. The first kappa shape index (κ1) is 13.7. The minimum Gasteiger partial charge on any atom is -0.302 e. The maximum absolute atomic E-state index is 8.74. The topological polar surface area (TPSA) is 27.0 Å². The quantitative estimate of drug-likeness (QED) is 0.791. The first-order chi connectivity index (χ1) is 7.97. The average molecular weight is 230 g/mol. The molecule has 0 amide bonds. The van der Waals surface area contributed by atoms with Crippen LogP contribution in [-0.2, 0) is 0 Å². The van der Waals surface area contributed by atoms with Crippen molar-refractivity contribution < 1.29 is 0 Å². The lowest BCUT2D eigenvalue weighted by molar-refractivity contribution is 0.285. The van der Waals surface area contributed by atoms with Gasteiger partial charge in [-0.1, -0.05) is 12.1 Å². The van der Waals surface area contributed by atoms with Crippen molar-refractivity contribution in [2.45, 2.75) is 39.7 Å². The molecule has 0 spiro atoms. The predicted octanol–water partition coefficient (Wildman–Crippen LogP) is 3.52. The Balaban J connectivity index is 3.10. The van der Waals surface area contributed by atoms with E-state index in [1.54, 1.807) is 0 Å². The summed E-state index contributed by atoms with van der Waals surface area (Å²) in [5.74, 6) is 0. The summed E-state index contributed by atoms with van der Waals surface area (Å²) in [5, 5.41) is 8.74. The van der Waals surface area contributed by atoms with E-state index in [4.69, 9.17) is 5.26 Å². The number of nitriles is 1. The fourth-order valence-corrected chi connectivity index (χ4v) is 2.23. The average Bonchev–Trinajstić information content (AvgIpc) is 2.25. The minimum atomic E-state index is 0.342. The molecule has 1 rings (SSSR count). The number of hydrogen-bond donors (Lipinski definition) is 0. The van der Waals surface area contributed by atoms with Gasteiger partial charge in [0.05, 0.1) is 6.07 Å². The molecular formula is C15H22N2. The Morgan fingerprint density at radius 2 is 1.71 bits per heavy atom. The van der Waals surface area contributed by atoms with Gasteiger partial charge in [0.2, 0.25) is 0 Å². The highest BCUT2D eigenvalue weighted by Gasteiger charge is 2.16. The van der Waals surface area contributed by atoms with Gasteiger partial charge in [-0.05, 0) is 63.5 Å². The monoisotopic (exact) mass is 230 g/mol. The van der Waals surface area contributed by atoms with Crippen LogP contribution < -0.4 is 0 Å². The third kappa shape index (κ3) is 3.31. The Bertz CT molecular complexity index is 427. The molecule has 2 nitrogen and oxygen atoms in total. The highest BCUT2D eigenvalue weighted by Crippen LogP contribution is 2.28. The van der Waals surface area contributed by atoms with Gasteiger partial charge in [0.15, 0.2) is 0 Å². The summed E-state index contributed by atoms with van der Waals surface area (Å²) in [6.45, 7) is 6.45. The smallest absolute Gasteiger partial charge is 0.0622 e. The zero-order valence-electron chi connectivity index (χ0n) is 11.5. The highest BCUT2D eigenvalue weighted by atomic mass is 15.1. The van der Waals surface area contributed by atoms with E-state index in [2.05, 4.69) is 58.0 Å². The van der Waals surface area contributed by atoms with Crippen LogP contribution >= 0.6 is 0 Å². The lowest BCUT2D eigenvalue weighted by atomic mass is 9.93. The first-order valence-electron chi connectivity index (χ1n) is 6.08. The Labute approximate surface area is 105 Å². The number of nitrogens with zero attached hydrogens (tertiary/aromatic N) is 2. The van der Waals surface area contributed by atoms with Crippen LogP contribution in [0.3, 0.4) is 0 Å². The summed E-state index contributed by atoms with van der Waals surface area (Å²) in [6, 6.07) is 7.10. The molecule has 0 aliphatic rings. The molecule has 1 aromatic carbocycles. The number of rotatable bonds is 4. The Hall–Kier alpha value is -1.33. The molecule has 0 aromatic heterocycles. The molecule has 1 atom stereocenters. The number of hydrogen-bond acceptors (Lipinski definition) is 2. The summed E-state index contributed by atoms with van der Waals surface area (Å²) in [5.41, 5.74) is 5.34. The van der Waals surface area contributed by atoms with Crippen LogP contribution in [0.2, 0.25) is 0 Å². The molecule has 1 unspecified atom stereocenters. The second-order valence-corrected chi connectivity index (χ2v) is 4.97. The Kier molecular flexibility index (Phi) is 4.72. The van der Waals surface area contributed by atoms with Crippen molar-refractivity contribution in [1.82, 2.24) is 4.90 Å². The first-order valence-corrected chi connectivity index (χ1v) is 6.08. The molecule has 0 N–H and O–H groups in total. The molecule has 0 bridgehead atoms. The second kappa shape index (κ2) is 5.84. The molecule has 1 aromatic rings. The van der Waals surface area contributed by atoms with Crippen molar-refractivity contribution in [1.29, 1.82) is 5.26 Å². The van der Waals surface area contributed by atoms with Gasteiger partial charge < -0.3 is 4.90 Å². The Morgan fingerprint density at radius 3 is 2.24 bits per heavy atom. The lowest BCUT2D eigenvalue weighted by Gasteiger charge is -2.26. The van der Waals surface area contributed by atoms with Gasteiger partial charge in [0, 0.05) is 12.5 Å². The van der Waals surface area contributed by atoms with Crippen LogP contribution in [0.25, 0.3) is 0 Å². The van der Waals surface area contributed by atoms with Gasteiger partial charge in [-0.2, -0.15) is 5.26 Å². The van der Waals surface area contributed by atoms with Crippen molar-refractivity contribution in [3.05, 3.63) is 34.4 Å². The summed E-state index contributed by atoms with van der Waals surface area (Å²) >= 11 is 0. The zero-order valence-corrected chi connectivity index (χ0v) is 11.5. The molecule has 0 aliphatic carbocycles. The summed E-state index contributed by atoms with van der Waals surface area (Å²) in [7, 11) is 4.16. The molecule has 0 radical (unpaired) electrons. The van der Waals surface area contributed by atoms with Gasteiger partial charge in [-0.3, -0.25) is 0 Å². The summed E-state index contributed by atoms with van der Waals surface area (Å²) < 4.78 is 0. The van der Waals surface area contributed by atoms with Gasteiger partial charge >= 0.3 is 0 Å². The molecule has 0 fully saturated rings. The van der Waals surface area contributed by atoms with Crippen molar-refractivity contribution in [2.75, 3.05) is 14.1 Å². The standard InChI is InChI=1S/C15H22N2/c1-11-9-13(3)14(10-12(11)2)15(17(4)5)7-6-8-16/h9-10,15H,6-7H2,1-5H3. The SMILES string of the molecule is Cc1cc(C)c(C(CCC#N)N(C)C)cc1C. The molecular weight excluding hydrogens is 208 g/mol. The van der Waals surface area contributed by atoms with E-state index >= 15 is 0 Å². The highest BCUT2D eigenvalue weighted by molar-refractivity contribution is 5.38. The molecule has 92 valence electrons. The normalized spacial score (nSPS) is 12.5. The molecule has 17 heavy (non-hydrogen) atoms. The van der Waals surface area contributed by atoms with E-state index in [1.165, 1.54) is 22.3 Å². The third-order valence-electron chi connectivity index (χ3n) is 3.39. The lowest BCUT2D eigenvalue weighted by Crippen LogP contribution is -2.21. The maximum atomic E-state index is 8.74. The predicted molar refractivity (Wildman–Crippen MR) is 71.9 cm³/mol. The van der Waals surface area contributed by atoms with Crippen molar-refractivity contribution >= 4 is 0 Å². The zero-order chi connectivity index (χ0) is 13.0. The molecule has 0 heterocycles. The fourth-order valence-electron chi connectivity index (χ4n) is 2.23. The largest absolute Gasteiger partial charge is 0.302 e. The van der Waals surface area contributed by atoms with Crippen LogP contribution in [0.15, 0.2) is 12.1 Å². The van der Waals surface area contributed by atoms with Crippen LogP contribution in [0.1, 0.15) is 41.1 Å². The van der Waals surface area contributed by atoms with Crippen LogP contribution in [0.5, 0.6) is 0 Å². The Morgan fingerprint density at radius 1 is 1.12 bits per heavy atom. The van der Waals surface area contributed by atoms with Crippen LogP contribution in [0, 0.1) is 32.1 Å². The molecule has 0 saturated carbocycles. The van der Waals surface area contributed by atoms with E-state index in [-0.39, 0.29) is 0 Å². The van der Waals surface area contributed by atoms with E-state index in [1.807, 2.05) is 0 Å². The summed E-state index contributed by atoms with van der Waals surface area (Å²) in [6.07, 6.45) is 1.50. The van der Waals surface area contributed by atoms with Crippen molar-refractivity contribution in [2.24, 2.45) is 0 Å². The van der Waals surface area contributed by atoms with Gasteiger partial charge in [-0.25, -0.2) is 0 Å². The van der Waals surface area contributed by atoms with Crippen molar-refractivity contribution in [3.8, 4) is 6.07 Å². The molecule has 0 saturated heterocycles. The van der Waals surface area contributed by atoms with Gasteiger partial charge in [-0.15, -0.1) is 0 Å². The van der Waals surface area contributed by atoms with Gasteiger partial charge in [0.25, 0.3) is 0 Å². The summed E-state index contributed by atoms with van der Waals surface area (Å²) in [4.78, 5) is 2.20. The fraction of sp³-hybridized carbons (Fsp3) is 0.533.